The predicted molar refractivity (Wildman–Crippen MR) is 95.5 cm³/mol. The van der Waals surface area contributed by atoms with Crippen molar-refractivity contribution in [3.8, 4) is 0 Å². The molecule has 0 spiro atoms. The lowest BCUT2D eigenvalue weighted by Crippen LogP contribution is -2.54. The molecule has 5 nitrogen and oxygen atoms in total. The number of rotatable bonds is 2. The van der Waals surface area contributed by atoms with E-state index in [1.165, 1.54) is 6.07 Å². The standard InChI is InChI=1S/C16H16Cl3N3O2/c1-8-7-21(9(2)6-20-8)14-13(19)15(23)22(16(14)24)10-3-4-11(17)12(18)5-10/h3-5,8-9,20H,6-7H2,1-2H3/t8-,9+/m1/s1. The Morgan fingerprint density at radius 3 is 2.46 bits per heavy atom. The number of anilines is 1. The molecule has 8 heteroatoms. The molecule has 2 aliphatic rings. The number of benzene rings is 1. The maximum atomic E-state index is 12.9. The molecule has 1 fully saturated rings. The molecule has 2 aliphatic heterocycles. The van der Waals surface area contributed by atoms with Crippen LogP contribution >= 0.6 is 34.8 Å². The van der Waals surface area contributed by atoms with E-state index in [9.17, 15) is 9.59 Å². The van der Waals surface area contributed by atoms with Crippen LogP contribution in [-0.4, -0.2) is 41.9 Å². The van der Waals surface area contributed by atoms with Crippen LogP contribution in [0, 0.1) is 0 Å². The van der Waals surface area contributed by atoms with Gasteiger partial charge in [0.05, 0.1) is 15.7 Å². The third kappa shape index (κ3) is 2.90. The smallest absolute Gasteiger partial charge is 0.283 e. The molecule has 1 N–H and O–H groups in total. The summed E-state index contributed by atoms with van der Waals surface area (Å²) in [6.45, 7) is 5.31. The van der Waals surface area contributed by atoms with Gasteiger partial charge in [-0.25, -0.2) is 4.90 Å². The van der Waals surface area contributed by atoms with Gasteiger partial charge in [0.15, 0.2) is 0 Å². The fraction of sp³-hybridized carbons (Fsp3) is 0.375. The van der Waals surface area contributed by atoms with Gasteiger partial charge < -0.3 is 10.2 Å². The molecule has 24 heavy (non-hydrogen) atoms. The zero-order valence-electron chi connectivity index (χ0n) is 13.1. The minimum Gasteiger partial charge on any atom is -0.360 e. The van der Waals surface area contributed by atoms with E-state index in [0.29, 0.717) is 23.8 Å². The second kappa shape index (κ2) is 6.56. The van der Waals surface area contributed by atoms with Crippen LogP contribution in [0.3, 0.4) is 0 Å². The van der Waals surface area contributed by atoms with Gasteiger partial charge in [0.2, 0.25) is 0 Å². The van der Waals surface area contributed by atoms with Crippen molar-refractivity contribution < 1.29 is 9.59 Å². The molecule has 0 aliphatic carbocycles. The number of amides is 2. The van der Waals surface area contributed by atoms with Crippen LogP contribution in [0.2, 0.25) is 10.0 Å². The van der Waals surface area contributed by atoms with Crippen LogP contribution in [0.4, 0.5) is 5.69 Å². The van der Waals surface area contributed by atoms with Gasteiger partial charge in [-0.3, -0.25) is 9.59 Å². The third-order valence-electron chi connectivity index (χ3n) is 4.22. The molecular formula is C16H16Cl3N3O2. The number of halogens is 3. The van der Waals surface area contributed by atoms with Crippen molar-refractivity contribution in [3.05, 3.63) is 39.0 Å². The van der Waals surface area contributed by atoms with Gasteiger partial charge in [0.1, 0.15) is 10.7 Å². The van der Waals surface area contributed by atoms with Crippen molar-refractivity contribution in [1.82, 2.24) is 10.2 Å². The van der Waals surface area contributed by atoms with Crippen LogP contribution in [0.5, 0.6) is 0 Å². The normalized spacial score (nSPS) is 25.0. The molecule has 0 aromatic heterocycles. The first kappa shape index (κ1) is 17.5. The number of carbonyl (C=O) groups excluding carboxylic acids is 2. The Hall–Kier alpha value is -1.27. The second-order valence-electron chi connectivity index (χ2n) is 6.02. The van der Waals surface area contributed by atoms with Crippen LogP contribution in [-0.2, 0) is 9.59 Å². The Balaban J connectivity index is 1.96. The van der Waals surface area contributed by atoms with Crippen LogP contribution in [0.1, 0.15) is 13.8 Å². The number of piperazine rings is 1. The summed E-state index contributed by atoms with van der Waals surface area (Å²) >= 11 is 18.1. The van der Waals surface area contributed by atoms with Crippen molar-refractivity contribution in [1.29, 1.82) is 0 Å². The average Bonchev–Trinajstić information content (AvgIpc) is 2.75. The topological polar surface area (TPSA) is 52.7 Å². The Labute approximate surface area is 155 Å². The lowest BCUT2D eigenvalue weighted by Gasteiger charge is -2.39. The minimum atomic E-state index is -0.548. The van der Waals surface area contributed by atoms with Crippen molar-refractivity contribution in [2.24, 2.45) is 0 Å². The van der Waals surface area contributed by atoms with Gasteiger partial charge in [-0.15, -0.1) is 0 Å². The molecule has 128 valence electrons. The number of hydrogen-bond acceptors (Lipinski definition) is 4. The summed E-state index contributed by atoms with van der Waals surface area (Å²) in [6, 6.07) is 4.84. The predicted octanol–water partition coefficient (Wildman–Crippen LogP) is 3.00. The molecule has 2 atom stereocenters. The number of imide groups is 1. The number of hydrogen-bond donors (Lipinski definition) is 1. The molecule has 1 saturated heterocycles. The first-order chi connectivity index (χ1) is 11.3. The lowest BCUT2D eigenvalue weighted by atomic mass is 10.1. The van der Waals surface area contributed by atoms with Crippen LogP contribution in [0.15, 0.2) is 28.9 Å². The largest absolute Gasteiger partial charge is 0.360 e. The van der Waals surface area contributed by atoms with Gasteiger partial charge >= 0.3 is 0 Å². The zero-order valence-corrected chi connectivity index (χ0v) is 15.4. The lowest BCUT2D eigenvalue weighted by molar-refractivity contribution is -0.121. The van der Waals surface area contributed by atoms with E-state index in [4.69, 9.17) is 34.8 Å². The monoisotopic (exact) mass is 387 g/mol. The number of carbonyl (C=O) groups is 2. The molecule has 0 unspecified atom stereocenters. The van der Waals surface area contributed by atoms with E-state index in [-0.39, 0.29) is 27.8 Å². The van der Waals surface area contributed by atoms with E-state index >= 15 is 0 Å². The summed E-state index contributed by atoms with van der Waals surface area (Å²) in [5, 5.41) is 3.89. The van der Waals surface area contributed by atoms with Crippen molar-refractivity contribution in [2.45, 2.75) is 25.9 Å². The highest BCUT2D eigenvalue weighted by atomic mass is 35.5. The SMILES string of the molecule is C[C@@H]1CN(C2=C(Cl)C(=O)N(c3ccc(Cl)c(Cl)c3)C2=O)[C@@H](C)CN1. The highest BCUT2D eigenvalue weighted by Gasteiger charge is 2.43. The number of nitrogens with one attached hydrogen (secondary N) is 1. The van der Waals surface area contributed by atoms with Crippen LogP contribution < -0.4 is 10.2 Å². The Morgan fingerprint density at radius 1 is 1.08 bits per heavy atom. The molecule has 2 heterocycles. The highest BCUT2D eigenvalue weighted by Crippen LogP contribution is 2.35. The van der Waals surface area contributed by atoms with E-state index in [0.717, 1.165) is 4.90 Å². The summed E-state index contributed by atoms with van der Waals surface area (Å²) in [4.78, 5) is 28.4. The summed E-state index contributed by atoms with van der Waals surface area (Å²) in [5.74, 6) is -0.988. The Bertz CT molecular complexity index is 750. The van der Waals surface area contributed by atoms with E-state index in [2.05, 4.69) is 5.32 Å². The summed E-state index contributed by atoms with van der Waals surface area (Å²) < 4.78 is 0. The first-order valence-corrected chi connectivity index (χ1v) is 8.68. The van der Waals surface area contributed by atoms with E-state index in [1.54, 1.807) is 12.1 Å². The van der Waals surface area contributed by atoms with Crippen molar-refractivity contribution >= 4 is 52.3 Å². The fourth-order valence-electron chi connectivity index (χ4n) is 2.93. The zero-order chi connectivity index (χ0) is 17.6. The molecule has 1 aromatic rings. The molecule has 0 bridgehead atoms. The average molecular weight is 389 g/mol. The van der Waals surface area contributed by atoms with Gasteiger partial charge in [0.25, 0.3) is 11.8 Å². The van der Waals surface area contributed by atoms with Crippen LogP contribution in [0.25, 0.3) is 0 Å². The molecule has 3 rings (SSSR count). The number of nitrogens with zero attached hydrogens (tertiary/aromatic N) is 2. The fourth-order valence-corrected chi connectivity index (χ4v) is 3.50. The molecular weight excluding hydrogens is 373 g/mol. The maximum Gasteiger partial charge on any atom is 0.283 e. The van der Waals surface area contributed by atoms with Gasteiger partial charge in [-0.2, -0.15) is 0 Å². The minimum absolute atomic E-state index is 0.0513. The van der Waals surface area contributed by atoms with Gasteiger partial charge in [-0.05, 0) is 32.0 Å². The Kier molecular flexibility index (Phi) is 4.80. The van der Waals surface area contributed by atoms with Crippen molar-refractivity contribution in [3.63, 3.8) is 0 Å². The Morgan fingerprint density at radius 2 is 1.79 bits per heavy atom. The maximum absolute atomic E-state index is 12.9. The summed E-state index contributed by atoms with van der Waals surface area (Å²) in [6.07, 6.45) is 0. The molecule has 0 saturated carbocycles. The molecule has 1 aromatic carbocycles. The molecule has 2 amide bonds. The second-order valence-corrected chi connectivity index (χ2v) is 7.21. The first-order valence-electron chi connectivity index (χ1n) is 7.55. The summed E-state index contributed by atoms with van der Waals surface area (Å²) in [5.41, 5.74) is 0.594. The van der Waals surface area contributed by atoms with Gasteiger partial charge in [-0.1, -0.05) is 34.8 Å². The summed E-state index contributed by atoms with van der Waals surface area (Å²) in [7, 11) is 0. The van der Waals surface area contributed by atoms with E-state index < -0.39 is 11.8 Å². The quantitative estimate of drug-likeness (QED) is 0.791. The van der Waals surface area contributed by atoms with E-state index in [1.807, 2.05) is 18.7 Å². The highest BCUT2D eigenvalue weighted by molar-refractivity contribution is 6.52. The molecule has 0 radical (unpaired) electrons. The van der Waals surface area contributed by atoms with Gasteiger partial charge in [0, 0.05) is 25.2 Å². The third-order valence-corrected chi connectivity index (χ3v) is 5.30. The van der Waals surface area contributed by atoms with Crippen molar-refractivity contribution in [2.75, 3.05) is 18.0 Å².